The van der Waals surface area contributed by atoms with Gasteiger partial charge in [0.25, 0.3) is 5.91 Å². The van der Waals surface area contributed by atoms with E-state index < -0.39 is 9.84 Å². The minimum atomic E-state index is -3.29. The predicted octanol–water partition coefficient (Wildman–Crippen LogP) is 2.87. The van der Waals surface area contributed by atoms with Crippen molar-refractivity contribution in [1.29, 1.82) is 0 Å². The van der Waals surface area contributed by atoms with E-state index >= 15 is 0 Å². The van der Waals surface area contributed by atoms with Crippen LogP contribution in [0.4, 0.5) is 5.69 Å². The largest absolute Gasteiger partial charge is 0.319 e. The van der Waals surface area contributed by atoms with Gasteiger partial charge in [0.05, 0.1) is 22.0 Å². The second-order valence-corrected chi connectivity index (χ2v) is 8.24. The molecule has 0 unspecified atom stereocenters. The lowest BCUT2D eigenvalue weighted by atomic mass is 10.2. The van der Waals surface area contributed by atoms with Crippen LogP contribution in [-0.4, -0.2) is 29.4 Å². The number of carbonyl (C=O) groups is 1. The number of aromatic nitrogens is 2. The van der Waals surface area contributed by atoms with Gasteiger partial charge < -0.3 is 5.32 Å². The van der Waals surface area contributed by atoms with E-state index in [9.17, 15) is 13.2 Å². The Bertz CT molecular complexity index is 819. The van der Waals surface area contributed by atoms with Crippen molar-refractivity contribution in [3.63, 3.8) is 0 Å². The molecule has 1 aromatic heterocycles. The maximum absolute atomic E-state index is 12.5. The lowest BCUT2D eigenvalue weighted by molar-refractivity contribution is 0.102. The summed E-state index contributed by atoms with van der Waals surface area (Å²) in [6.45, 7) is 2.69. The summed E-state index contributed by atoms with van der Waals surface area (Å²) < 4.78 is 26.8. The molecule has 0 spiro atoms. The molecule has 1 aliphatic carbocycles. The number of nitrogens with one attached hydrogen (secondary N) is 1. The molecule has 1 aromatic carbocycles. The SMILES string of the molecule is CCn1cc(NC(=O)c2ccc(S(=O)(=O)C3CCCC3)cc2)cn1. The van der Waals surface area contributed by atoms with Crippen LogP contribution < -0.4 is 5.32 Å². The molecule has 0 bridgehead atoms. The van der Waals surface area contributed by atoms with E-state index in [1.54, 1.807) is 29.2 Å². The van der Waals surface area contributed by atoms with Crippen LogP contribution in [0.1, 0.15) is 43.0 Å². The second kappa shape index (κ2) is 6.76. The molecule has 1 amide bonds. The van der Waals surface area contributed by atoms with Crippen LogP contribution in [0.2, 0.25) is 0 Å². The highest BCUT2D eigenvalue weighted by molar-refractivity contribution is 7.92. The molecule has 2 aromatic rings. The average molecular weight is 347 g/mol. The Morgan fingerprint density at radius 2 is 1.92 bits per heavy atom. The summed E-state index contributed by atoms with van der Waals surface area (Å²) in [6.07, 6.45) is 6.72. The second-order valence-electron chi connectivity index (χ2n) is 6.01. The molecule has 0 saturated heterocycles. The van der Waals surface area contributed by atoms with Gasteiger partial charge in [0, 0.05) is 18.3 Å². The van der Waals surface area contributed by atoms with Crippen molar-refractivity contribution in [3.8, 4) is 0 Å². The van der Waals surface area contributed by atoms with Gasteiger partial charge in [0.2, 0.25) is 0 Å². The third-order valence-corrected chi connectivity index (χ3v) is 6.68. The number of aryl methyl sites for hydroxylation is 1. The molecule has 6 nitrogen and oxygen atoms in total. The van der Waals surface area contributed by atoms with Crippen molar-refractivity contribution in [2.75, 3.05) is 5.32 Å². The molecular formula is C17H21N3O3S. The van der Waals surface area contributed by atoms with Crippen LogP contribution in [0.5, 0.6) is 0 Å². The molecule has 1 fully saturated rings. The smallest absolute Gasteiger partial charge is 0.255 e. The van der Waals surface area contributed by atoms with Gasteiger partial charge in [-0.15, -0.1) is 0 Å². The van der Waals surface area contributed by atoms with Crippen LogP contribution in [0, 0.1) is 0 Å². The van der Waals surface area contributed by atoms with E-state index in [0.29, 0.717) is 16.1 Å². The average Bonchev–Trinajstić information content (AvgIpc) is 3.27. The first kappa shape index (κ1) is 16.7. The molecule has 3 rings (SSSR count). The summed E-state index contributed by atoms with van der Waals surface area (Å²) in [5.74, 6) is -0.282. The summed E-state index contributed by atoms with van der Waals surface area (Å²) in [5.41, 5.74) is 1.04. The Labute approximate surface area is 141 Å². The number of hydrogen-bond donors (Lipinski definition) is 1. The normalized spacial score (nSPS) is 15.5. The molecule has 0 aliphatic heterocycles. The molecule has 1 aliphatic rings. The third kappa shape index (κ3) is 3.36. The van der Waals surface area contributed by atoms with Crippen LogP contribution in [-0.2, 0) is 16.4 Å². The van der Waals surface area contributed by atoms with E-state index in [-0.39, 0.29) is 11.2 Å². The van der Waals surface area contributed by atoms with E-state index in [4.69, 9.17) is 0 Å². The Balaban J connectivity index is 1.72. The van der Waals surface area contributed by atoms with Crippen LogP contribution >= 0.6 is 0 Å². The van der Waals surface area contributed by atoms with Gasteiger partial charge in [0.15, 0.2) is 9.84 Å². The topological polar surface area (TPSA) is 81.1 Å². The lowest BCUT2D eigenvalue weighted by Gasteiger charge is -2.11. The van der Waals surface area contributed by atoms with Gasteiger partial charge in [-0.1, -0.05) is 12.8 Å². The van der Waals surface area contributed by atoms with Crippen molar-refractivity contribution in [1.82, 2.24) is 9.78 Å². The fraction of sp³-hybridized carbons (Fsp3) is 0.412. The van der Waals surface area contributed by atoms with Gasteiger partial charge in [-0.25, -0.2) is 8.42 Å². The van der Waals surface area contributed by atoms with E-state index in [2.05, 4.69) is 10.4 Å². The molecule has 1 heterocycles. The van der Waals surface area contributed by atoms with Crippen LogP contribution in [0.25, 0.3) is 0 Å². The standard InChI is InChI=1S/C17H21N3O3S/c1-2-20-12-14(11-18-20)19-17(21)13-7-9-16(10-8-13)24(22,23)15-5-3-4-6-15/h7-12,15H,2-6H2,1H3,(H,19,21). The van der Waals surface area contributed by atoms with E-state index in [0.717, 1.165) is 32.2 Å². The zero-order valence-corrected chi connectivity index (χ0v) is 14.4. The van der Waals surface area contributed by atoms with Crippen molar-refractivity contribution in [2.45, 2.75) is 49.3 Å². The van der Waals surface area contributed by atoms with E-state index in [1.165, 1.54) is 12.1 Å². The zero-order chi connectivity index (χ0) is 17.2. The Hall–Kier alpha value is -2.15. The summed E-state index contributed by atoms with van der Waals surface area (Å²) in [6, 6.07) is 6.17. The molecule has 7 heteroatoms. The van der Waals surface area contributed by atoms with Gasteiger partial charge in [0.1, 0.15) is 0 Å². The highest BCUT2D eigenvalue weighted by atomic mass is 32.2. The summed E-state index contributed by atoms with van der Waals surface area (Å²) >= 11 is 0. The monoisotopic (exact) mass is 347 g/mol. The predicted molar refractivity (Wildman–Crippen MR) is 91.7 cm³/mol. The Morgan fingerprint density at radius 1 is 1.25 bits per heavy atom. The highest BCUT2D eigenvalue weighted by Gasteiger charge is 2.30. The number of rotatable bonds is 5. The lowest BCUT2D eigenvalue weighted by Crippen LogP contribution is -2.18. The maximum atomic E-state index is 12.5. The molecule has 1 saturated carbocycles. The van der Waals surface area contributed by atoms with Crippen LogP contribution in [0.3, 0.4) is 0 Å². The van der Waals surface area contributed by atoms with Crippen molar-refractivity contribution in [2.24, 2.45) is 0 Å². The number of nitrogens with zero attached hydrogens (tertiary/aromatic N) is 2. The maximum Gasteiger partial charge on any atom is 0.255 e. The van der Waals surface area contributed by atoms with Gasteiger partial charge >= 0.3 is 0 Å². The molecule has 128 valence electrons. The van der Waals surface area contributed by atoms with Gasteiger partial charge in [-0.2, -0.15) is 5.10 Å². The molecule has 0 atom stereocenters. The zero-order valence-electron chi connectivity index (χ0n) is 13.6. The number of benzene rings is 1. The Morgan fingerprint density at radius 3 is 2.50 bits per heavy atom. The summed E-state index contributed by atoms with van der Waals surface area (Å²) in [7, 11) is -3.29. The fourth-order valence-electron chi connectivity index (χ4n) is 2.99. The summed E-state index contributed by atoms with van der Waals surface area (Å²) in [5, 5.41) is 6.57. The molecule has 24 heavy (non-hydrogen) atoms. The van der Waals surface area contributed by atoms with Gasteiger partial charge in [-0.05, 0) is 44.0 Å². The minimum absolute atomic E-state index is 0.281. The molecule has 1 N–H and O–H groups in total. The first-order chi connectivity index (χ1) is 11.5. The van der Waals surface area contributed by atoms with Crippen molar-refractivity contribution in [3.05, 3.63) is 42.2 Å². The van der Waals surface area contributed by atoms with Crippen molar-refractivity contribution < 1.29 is 13.2 Å². The van der Waals surface area contributed by atoms with Crippen molar-refractivity contribution >= 4 is 21.4 Å². The fourth-order valence-corrected chi connectivity index (χ4v) is 4.85. The van der Waals surface area contributed by atoms with Gasteiger partial charge in [-0.3, -0.25) is 9.48 Å². The molecular weight excluding hydrogens is 326 g/mol. The Kier molecular flexibility index (Phi) is 4.71. The number of sulfone groups is 1. The number of amides is 1. The first-order valence-electron chi connectivity index (χ1n) is 8.18. The quantitative estimate of drug-likeness (QED) is 0.902. The number of anilines is 1. The summed E-state index contributed by atoms with van der Waals surface area (Å²) in [4.78, 5) is 12.5. The highest BCUT2D eigenvalue weighted by Crippen LogP contribution is 2.29. The minimum Gasteiger partial charge on any atom is -0.319 e. The van der Waals surface area contributed by atoms with E-state index in [1.807, 2.05) is 6.92 Å². The van der Waals surface area contributed by atoms with Crippen LogP contribution in [0.15, 0.2) is 41.6 Å². The number of hydrogen-bond acceptors (Lipinski definition) is 4. The first-order valence-corrected chi connectivity index (χ1v) is 9.73. The third-order valence-electron chi connectivity index (χ3n) is 4.40. The number of carbonyl (C=O) groups excluding carboxylic acids is 1. The molecule has 0 radical (unpaired) electrons.